The van der Waals surface area contributed by atoms with Crippen LogP contribution >= 0.6 is 0 Å². The van der Waals surface area contributed by atoms with E-state index in [0.29, 0.717) is 6.04 Å². The first-order valence-electron chi connectivity index (χ1n) is 6.78. The van der Waals surface area contributed by atoms with E-state index < -0.39 is 0 Å². The Hall–Kier alpha value is -1.35. The zero-order valence-corrected chi connectivity index (χ0v) is 11.2. The summed E-state index contributed by atoms with van der Waals surface area (Å²) in [5.74, 6) is 0.0230. The normalized spacial score (nSPS) is 21.3. The molecule has 1 amide bonds. The van der Waals surface area contributed by atoms with Gasteiger partial charge in [-0.1, -0.05) is 24.1 Å². The fraction of sp³-hybridized carbons (Fsp3) is 0.533. The van der Waals surface area contributed by atoms with Crippen LogP contribution in [0.3, 0.4) is 0 Å². The van der Waals surface area contributed by atoms with E-state index in [1.807, 2.05) is 31.2 Å². The summed E-state index contributed by atoms with van der Waals surface area (Å²) in [7, 11) is 0. The molecule has 1 aromatic rings. The number of amides is 1. The van der Waals surface area contributed by atoms with E-state index in [2.05, 4.69) is 17.6 Å². The van der Waals surface area contributed by atoms with Gasteiger partial charge >= 0.3 is 0 Å². The fourth-order valence-corrected chi connectivity index (χ4v) is 2.40. The molecule has 0 bridgehead atoms. The van der Waals surface area contributed by atoms with Gasteiger partial charge in [0.2, 0.25) is 0 Å². The number of hydrogen-bond donors (Lipinski definition) is 2. The van der Waals surface area contributed by atoms with E-state index in [0.717, 1.165) is 18.5 Å². The monoisotopic (exact) mass is 246 g/mol. The van der Waals surface area contributed by atoms with Gasteiger partial charge in [0.05, 0.1) is 0 Å². The molecule has 2 atom stereocenters. The van der Waals surface area contributed by atoms with Crippen molar-refractivity contribution in [2.75, 3.05) is 6.54 Å². The van der Waals surface area contributed by atoms with E-state index >= 15 is 0 Å². The van der Waals surface area contributed by atoms with Gasteiger partial charge in [-0.25, -0.2) is 0 Å². The van der Waals surface area contributed by atoms with Crippen LogP contribution in [0.5, 0.6) is 0 Å². The summed E-state index contributed by atoms with van der Waals surface area (Å²) in [6.45, 7) is 5.17. The zero-order chi connectivity index (χ0) is 13.0. The van der Waals surface area contributed by atoms with E-state index in [9.17, 15) is 4.79 Å². The molecule has 18 heavy (non-hydrogen) atoms. The Morgan fingerprint density at radius 1 is 1.33 bits per heavy atom. The van der Waals surface area contributed by atoms with E-state index in [1.165, 1.54) is 18.4 Å². The van der Waals surface area contributed by atoms with Gasteiger partial charge in [0.25, 0.3) is 5.91 Å². The minimum absolute atomic E-state index is 0.0230. The van der Waals surface area contributed by atoms with Crippen molar-refractivity contribution in [3.63, 3.8) is 0 Å². The molecular formula is C15H22N2O. The topological polar surface area (TPSA) is 41.1 Å². The molecule has 1 aromatic carbocycles. The standard InChI is InChI=1S/C15H22N2O/c1-11-6-8-13(9-7-11)15(18)17-12(2)14-5-3-4-10-16-14/h6-9,12,14,16H,3-5,10H2,1-2H3,(H,17,18). The average molecular weight is 246 g/mol. The second-order valence-corrected chi connectivity index (χ2v) is 5.18. The molecule has 1 aliphatic rings. The third kappa shape index (κ3) is 3.33. The van der Waals surface area contributed by atoms with Crippen molar-refractivity contribution < 1.29 is 4.79 Å². The van der Waals surface area contributed by atoms with Crippen molar-refractivity contribution in [1.82, 2.24) is 10.6 Å². The number of benzene rings is 1. The Morgan fingerprint density at radius 2 is 2.06 bits per heavy atom. The Morgan fingerprint density at radius 3 is 2.67 bits per heavy atom. The first kappa shape index (κ1) is 13.1. The summed E-state index contributed by atoms with van der Waals surface area (Å²) < 4.78 is 0. The van der Waals surface area contributed by atoms with Crippen molar-refractivity contribution in [3.8, 4) is 0 Å². The number of nitrogens with one attached hydrogen (secondary N) is 2. The molecule has 0 saturated carbocycles. The average Bonchev–Trinajstić information content (AvgIpc) is 2.40. The second-order valence-electron chi connectivity index (χ2n) is 5.18. The van der Waals surface area contributed by atoms with E-state index in [-0.39, 0.29) is 11.9 Å². The molecule has 1 fully saturated rings. The molecule has 98 valence electrons. The number of carbonyl (C=O) groups excluding carboxylic acids is 1. The summed E-state index contributed by atoms with van der Waals surface area (Å²) in [6.07, 6.45) is 3.65. The lowest BCUT2D eigenvalue weighted by molar-refractivity contribution is 0.0928. The predicted octanol–water partition coefficient (Wildman–Crippen LogP) is 2.26. The second kappa shape index (κ2) is 6.01. The number of piperidine rings is 1. The van der Waals surface area contributed by atoms with Gasteiger partial charge in [-0.15, -0.1) is 0 Å². The zero-order valence-electron chi connectivity index (χ0n) is 11.2. The largest absolute Gasteiger partial charge is 0.348 e. The number of rotatable bonds is 3. The molecule has 1 saturated heterocycles. The van der Waals surface area contributed by atoms with Crippen molar-refractivity contribution in [2.24, 2.45) is 0 Å². The molecule has 2 rings (SSSR count). The fourth-order valence-electron chi connectivity index (χ4n) is 2.40. The number of aryl methyl sites for hydroxylation is 1. The summed E-state index contributed by atoms with van der Waals surface area (Å²) in [5, 5.41) is 6.55. The van der Waals surface area contributed by atoms with Crippen molar-refractivity contribution in [3.05, 3.63) is 35.4 Å². The Balaban J connectivity index is 1.91. The Kier molecular flexibility index (Phi) is 4.37. The van der Waals surface area contributed by atoms with Crippen LogP contribution in [0.1, 0.15) is 42.1 Å². The molecule has 1 aliphatic heterocycles. The SMILES string of the molecule is Cc1ccc(C(=O)NC(C)C2CCCCN2)cc1. The molecule has 1 heterocycles. The van der Waals surface area contributed by atoms with Crippen LogP contribution in [0.4, 0.5) is 0 Å². The molecule has 0 radical (unpaired) electrons. The van der Waals surface area contributed by atoms with E-state index in [4.69, 9.17) is 0 Å². The molecule has 0 aromatic heterocycles. The number of hydrogen-bond acceptors (Lipinski definition) is 2. The predicted molar refractivity (Wildman–Crippen MR) is 73.7 cm³/mol. The van der Waals surface area contributed by atoms with Crippen LogP contribution in [0.2, 0.25) is 0 Å². The smallest absolute Gasteiger partial charge is 0.251 e. The van der Waals surface area contributed by atoms with Gasteiger partial charge in [0.1, 0.15) is 0 Å². The van der Waals surface area contributed by atoms with Gasteiger partial charge < -0.3 is 10.6 Å². The van der Waals surface area contributed by atoms with Gasteiger partial charge in [-0.2, -0.15) is 0 Å². The lowest BCUT2D eigenvalue weighted by atomic mass is 9.99. The van der Waals surface area contributed by atoms with Crippen LogP contribution in [-0.4, -0.2) is 24.5 Å². The van der Waals surface area contributed by atoms with Crippen molar-refractivity contribution in [2.45, 2.75) is 45.2 Å². The molecular weight excluding hydrogens is 224 g/mol. The Bertz CT molecular complexity index is 393. The maximum Gasteiger partial charge on any atom is 0.251 e. The highest BCUT2D eigenvalue weighted by Gasteiger charge is 2.21. The highest BCUT2D eigenvalue weighted by atomic mass is 16.1. The van der Waals surface area contributed by atoms with Crippen LogP contribution in [0.15, 0.2) is 24.3 Å². The third-order valence-corrected chi connectivity index (χ3v) is 3.62. The lowest BCUT2D eigenvalue weighted by Gasteiger charge is -2.29. The summed E-state index contributed by atoms with van der Waals surface area (Å²) in [5.41, 5.74) is 1.91. The first-order valence-corrected chi connectivity index (χ1v) is 6.78. The molecule has 3 heteroatoms. The highest BCUT2D eigenvalue weighted by molar-refractivity contribution is 5.94. The van der Waals surface area contributed by atoms with Crippen LogP contribution < -0.4 is 10.6 Å². The third-order valence-electron chi connectivity index (χ3n) is 3.62. The van der Waals surface area contributed by atoms with Crippen LogP contribution in [0, 0.1) is 6.92 Å². The summed E-state index contributed by atoms with van der Waals surface area (Å²) in [4.78, 5) is 12.1. The Labute approximate surface area is 109 Å². The van der Waals surface area contributed by atoms with Gasteiger partial charge in [0, 0.05) is 17.6 Å². The quantitative estimate of drug-likeness (QED) is 0.859. The van der Waals surface area contributed by atoms with Gasteiger partial charge in [-0.3, -0.25) is 4.79 Å². The minimum Gasteiger partial charge on any atom is -0.348 e. The molecule has 0 spiro atoms. The van der Waals surface area contributed by atoms with E-state index in [1.54, 1.807) is 0 Å². The van der Waals surface area contributed by atoms with Crippen molar-refractivity contribution in [1.29, 1.82) is 0 Å². The first-order chi connectivity index (χ1) is 8.66. The van der Waals surface area contributed by atoms with Crippen molar-refractivity contribution >= 4 is 5.91 Å². The molecule has 0 aliphatic carbocycles. The molecule has 3 nitrogen and oxygen atoms in total. The minimum atomic E-state index is 0.0230. The summed E-state index contributed by atoms with van der Waals surface area (Å²) >= 11 is 0. The lowest BCUT2D eigenvalue weighted by Crippen LogP contribution is -2.50. The van der Waals surface area contributed by atoms with Gasteiger partial charge in [0.15, 0.2) is 0 Å². The molecule has 2 unspecified atom stereocenters. The van der Waals surface area contributed by atoms with Crippen LogP contribution in [0.25, 0.3) is 0 Å². The number of carbonyl (C=O) groups is 1. The summed E-state index contributed by atoms with van der Waals surface area (Å²) in [6, 6.07) is 8.29. The molecule has 2 N–H and O–H groups in total. The highest BCUT2D eigenvalue weighted by Crippen LogP contribution is 2.11. The maximum absolute atomic E-state index is 12.1. The van der Waals surface area contributed by atoms with Gasteiger partial charge in [-0.05, 0) is 45.4 Å². The maximum atomic E-state index is 12.1. The van der Waals surface area contributed by atoms with Crippen LogP contribution in [-0.2, 0) is 0 Å².